The van der Waals surface area contributed by atoms with Gasteiger partial charge in [-0.1, -0.05) is 31.5 Å². The third kappa shape index (κ3) is 6.14. The Bertz CT molecular complexity index is 692. The van der Waals surface area contributed by atoms with Crippen LogP contribution in [0.5, 0.6) is 0 Å². The molecule has 6 heteroatoms. The summed E-state index contributed by atoms with van der Waals surface area (Å²) in [7, 11) is 0. The number of amides is 1. The van der Waals surface area contributed by atoms with Gasteiger partial charge in [0.2, 0.25) is 0 Å². The van der Waals surface area contributed by atoms with Crippen molar-refractivity contribution in [2.45, 2.75) is 45.6 Å². The summed E-state index contributed by atoms with van der Waals surface area (Å²) >= 11 is 0. The molecule has 0 fully saturated rings. The van der Waals surface area contributed by atoms with Crippen LogP contribution in [0.3, 0.4) is 0 Å². The number of hydrazine groups is 1. The summed E-state index contributed by atoms with van der Waals surface area (Å²) in [6, 6.07) is 11.5. The van der Waals surface area contributed by atoms with Gasteiger partial charge in [-0.2, -0.15) is 8.78 Å². The van der Waals surface area contributed by atoms with E-state index in [1.807, 2.05) is 23.6 Å². The van der Waals surface area contributed by atoms with E-state index in [1.54, 1.807) is 12.1 Å². The van der Waals surface area contributed by atoms with E-state index in [0.29, 0.717) is 5.69 Å². The van der Waals surface area contributed by atoms with Crippen molar-refractivity contribution in [1.82, 2.24) is 5.43 Å². The lowest BCUT2D eigenvalue weighted by molar-refractivity contribution is -0.697. The molecule has 0 aliphatic carbocycles. The average molecular weight is 348 g/mol. The van der Waals surface area contributed by atoms with Crippen molar-refractivity contribution in [2.24, 2.45) is 0 Å². The lowest BCUT2D eigenvalue weighted by Gasteiger charge is -2.12. The highest BCUT2D eigenvalue weighted by molar-refractivity contribution is 5.80. The van der Waals surface area contributed by atoms with E-state index < -0.39 is 12.3 Å². The number of nitrogens with zero attached hydrogens (tertiary/aromatic N) is 1. The number of rotatable bonds is 9. The number of hydrogen-bond acceptors (Lipinski definition) is 2. The maximum Gasteiger partial charge on any atom is 0.317 e. The van der Waals surface area contributed by atoms with Crippen LogP contribution in [0, 0.1) is 0 Å². The van der Waals surface area contributed by atoms with Crippen LogP contribution in [0.4, 0.5) is 14.5 Å². The fourth-order valence-corrected chi connectivity index (χ4v) is 2.53. The van der Waals surface area contributed by atoms with Crippen molar-refractivity contribution in [3.05, 3.63) is 59.9 Å². The lowest BCUT2D eigenvalue weighted by atomic mass is 10.0. The van der Waals surface area contributed by atoms with E-state index >= 15 is 0 Å². The lowest BCUT2D eigenvalue weighted by Crippen LogP contribution is -2.34. The van der Waals surface area contributed by atoms with Crippen molar-refractivity contribution in [1.29, 1.82) is 0 Å². The predicted octanol–water partition coefficient (Wildman–Crippen LogP) is 3.27. The molecule has 0 bridgehead atoms. The van der Waals surface area contributed by atoms with Gasteiger partial charge in [-0.05, 0) is 30.5 Å². The molecule has 0 aliphatic heterocycles. The third-order valence-corrected chi connectivity index (χ3v) is 3.91. The first-order chi connectivity index (χ1) is 12.1. The molecule has 0 atom stereocenters. The Balaban J connectivity index is 1.97. The fraction of sp³-hybridized carbons (Fsp3) is 0.368. The zero-order valence-electron chi connectivity index (χ0n) is 14.3. The minimum absolute atomic E-state index is 0.631. The van der Waals surface area contributed by atoms with Crippen LogP contribution in [0.1, 0.15) is 30.9 Å². The monoisotopic (exact) mass is 348 g/mol. The first-order valence-electron chi connectivity index (χ1n) is 8.50. The number of halogens is 2. The van der Waals surface area contributed by atoms with E-state index in [4.69, 9.17) is 0 Å². The second-order valence-electron chi connectivity index (χ2n) is 5.88. The number of aryl methyl sites for hydroxylation is 3. The van der Waals surface area contributed by atoms with E-state index in [2.05, 4.69) is 35.4 Å². The predicted molar refractivity (Wildman–Crippen MR) is 93.2 cm³/mol. The van der Waals surface area contributed by atoms with Crippen LogP contribution in [0.2, 0.25) is 0 Å². The Labute approximate surface area is 146 Å². The molecule has 0 saturated heterocycles. The molecule has 4 nitrogen and oxygen atoms in total. The van der Waals surface area contributed by atoms with Crippen LogP contribution in [-0.2, 0) is 24.2 Å². The Morgan fingerprint density at radius 2 is 1.96 bits per heavy atom. The summed E-state index contributed by atoms with van der Waals surface area (Å²) in [5.74, 6) is -1.34. The molecule has 134 valence electrons. The number of unbranched alkanes of at least 4 members (excludes halogenated alkanes) is 1. The van der Waals surface area contributed by atoms with Gasteiger partial charge in [0.25, 0.3) is 0 Å². The molecular weight excluding hydrogens is 324 g/mol. The Hall–Kier alpha value is -2.50. The topological polar surface area (TPSA) is 45.0 Å². The zero-order chi connectivity index (χ0) is 18.1. The van der Waals surface area contributed by atoms with Crippen molar-refractivity contribution < 1.29 is 18.1 Å². The normalized spacial score (nSPS) is 10.7. The Morgan fingerprint density at radius 1 is 1.16 bits per heavy atom. The number of carbonyl (C=O) groups is 1. The van der Waals surface area contributed by atoms with Crippen molar-refractivity contribution in [2.75, 3.05) is 5.43 Å². The number of benzene rings is 1. The van der Waals surface area contributed by atoms with Crippen molar-refractivity contribution >= 4 is 11.6 Å². The first-order valence-corrected chi connectivity index (χ1v) is 8.50. The van der Waals surface area contributed by atoms with E-state index in [-0.39, 0.29) is 0 Å². The molecule has 2 aromatic rings. The summed E-state index contributed by atoms with van der Waals surface area (Å²) in [5, 5.41) is 0. The van der Waals surface area contributed by atoms with Crippen LogP contribution < -0.4 is 15.4 Å². The average Bonchev–Trinajstić information content (AvgIpc) is 2.63. The van der Waals surface area contributed by atoms with Gasteiger partial charge in [-0.25, -0.2) is 4.57 Å². The number of hydrogen-bond donors (Lipinski definition) is 2. The van der Waals surface area contributed by atoms with E-state index in [0.717, 1.165) is 37.8 Å². The van der Waals surface area contributed by atoms with Gasteiger partial charge in [-0.3, -0.25) is 15.6 Å². The van der Waals surface area contributed by atoms with Gasteiger partial charge in [0.1, 0.15) is 6.54 Å². The second-order valence-corrected chi connectivity index (χ2v) is 5.88. The zero-order valence-corrected chi connectivity index (χ0v) is 14.3. The molecular formula is C19H24F2N3O+. The first kappa shape index (κ1) is 18.8. The maximum atomic E-state index is 12.3. The summed E-state index contributed by atoms with van der Waals surface area (Å²) in [6.45, 7) is 3.17. The number of alkyl halides is 2. The molecule has 1 aromatic heterocycles. The Kier molecular flexibility index (Phi) is 7.32. The largest absolute Gasteiger partial charge is 0.317 e. The molecule has 0 aliphatic rings. The van der Waals surface area contributed by atoms with Crippen molar-refractivity contribution in [3.8, 4) is 0 Å². The number of aromatic nitrogens is 1. The fourth-order valence-electron chi connectivity index (χ4n) is 2.53. The molecule has 0 saturated carbocycles. The summed E-state index contributed by atoms with van der Waals surface area (Å²) in [4.78, 5) is 11.0. The summed E-state index contributed by atoms with van der Waals surface area (Å²) in [6.07, 6.45) is 5.03. The highest BCUT2D eigenvalue weighted by Crippen LogP contribution is 2.16. The van der Waals surface area contributed by atoms with Gasteiger partial charge < -0.3 is 0 Å². The standard InChI is InChI=1S/C19H23F2N3O/c1-2-3-12-24-13-6-7-15(14-24)10-11-16-8-4-5-9-17(16)22-23-19(25)18(20)21/h4-9,13-14,18,22H,2-3,10-12H2,1H3/p+1. The van der Waals surface area contributed by atoms with E-state index in [9.17, 15) is 13.6 Å². The van der Waals surface area contributed by atoms with Crippen molar-refractivity contribution in [3.63, 3.8) is 0 Å². The van der Waals surface area contributed by atoms with Gasteiger partial charge in [0, 0.05) is 18.1 Å². The smallest absolute Gasteiger partial charge is 0.298 e. The van der Waals surface area contributed by atoms with Gasteiger partial charge >= 0.3 is 12.3 Å². The molecule has 1 heterocycles. The Morgan fingerprint density at radius 3 is 2.72 bits per heavy atom. The molecule has 2 rings (SSSR count). The molecule has 1 amide bonds. The minimum Gasteiger partial charge on any atom is -0.298 e. The maximum absolute atomic E-state index is 12.3. The SMILES string of the molecule is CCCC[n+]1cccc(CCc2ccccc2NNC(=O)C(F)F)c1. The summed E-state index contributed by atoms with van der Waals surface area (Å²) < 4.78 is 26.7. The third-order valence-electron chi connectivity index (χ3n) is 3.91. The molecule has 0 radical (unpaired) electrons. The molecule has 0 unspecified atom stereocenters. The van der Waals surface area contributed by atoms with Crippen LogP contribution >= 0.6 is 0 Å². The number of nitrogens with one attached hydrogen (secondary N) is 2. The second kappa shape index (κ2) is 9.71. The number of para-hydroxylation sites is 1. The molecule has 25 heavy (non-hydrogen) atoms. The van der Waals surface area contributed by atoms with Gasteiger partial charge in [0.15, 0.2) is 12.4 Å². The number of anilines is 1. The van der Waals surface area contributed by atoms with Gasteiger partial charge in [-0.15, -0.1) is 0 Å². The van der Waals surface area contributed by atoms with Crippen LogP contribution in [0.25, 0.3) is 0 Å². The van der Waals surface area contributed by atoms with Crippen LogP contribution in [-0.4, -0.2) is 12.3 Å². The molecule has 0 spiro atoms. The number of carbonyl (C=O) groups excluding carboxylic acids is 1. The number of pyridine rings is 1. The minimum atomic E-state index is -3.04. The van der Waals surface area contributed by atoms with E-state index in [1.165, 1.54) is 5.56 Å². The molecule has 1 aromatic carbocycles. The molecule has 2 N–H and O–H groups in total. The van der Waals surface area contributed by atoms with Gasteiger partial charge in [0.05, 0.1) is 5.69 Å². The highest BCUT2D eigenvalue weighted by Gasteiger charge is 2.14. The highest BCUT2D eigenvalue weighted by atomic mass is 19.3. The summed E-state index contributed by atoms with van der Waals surface area (Å²) in [5.41, 5.74) is 7.41. The van der Waals surface area contributed by atoms with Crippen LogP contribution in [0.15, 0.2) is 48.8 Å². The quantitative estimate of drug-likeness (QED) is 0.540.